The van der Waals surface area contributed by atoms with E-state index < -0.39 is 7.52 Å². The highest BCUT2D eigenvalue weighted by Crippen LogP contribution is 2.45. The van der Waals surface area contributed by atoms with Gasteiger partial charge in [0.2, 0.25) is 0 Å². The van der Waals surface area contributed by atoms with Crippen LogP contribution in [0.4, 0.5) is 5.69 Å². The van der Waals surface area contributed by atoms with E-state index in [1.54, 1.807) is 18.2 Å². The van der Waals surface area contributed by atoms with Crippen LogP contribution in [0.1, 0.15) is 5.56 Å². The topological polar surface area (TPSA) is 38.3 Å². The van der Waals surface area contributed by atoms with E-state index in [-0.39, 0.29) is 0 Å². The van der Waals surface area contributed by atoms with E-state index in [4.69, 9.17) is 27.7 Å². The molecule has 0 heterocycles. The maximum atomic E-state index is 12.4. The second-order valence-electron chi connectivity index (χ2n) is 4.49. The van der Waals surface area contributed by atoms with E-state index in [1.165, 1.54) is 6.66 Å². The Labute approximate surface area is 128 Å². The molecule has 0 saturated carbocycles. The van der Waals surface area contributed by atoms with E-state index in [0.717, 1.165) is 11.3 Å². The number of rotatable bonds is 4. The molecule has 0 spiro atoms. The summed E-state index contributed by atoms with van der Waals surface area (Å²) in [5, 5.41) is 3.70. The molecule has 2 aromatic carbocycles. The summed E-state index contributed by atoms with van der Waals surface area (Å²) < 4.78 is 17.9. The van der Waals surface area contributed by atoms with E-state index in [0.29, 0.717) is 15.8 Å². The van der Waals surface area contributed by atoms with Crippen molar-refractivity contribution in [1.82, 2.24) is 0 Å². The predicted octanol–water partition coefficient (Wildman–Crippen LogP) is 5.62. The van der Waals surface area contributed by atoms with E-state index in [9.17, 15) is 4.57 Å². The maximum Gasteiger partial charge on any atom is 0.338 e. The largest absolute Gasteiger partial charge is 0.427 e. The molecule has 106 valence electrons. The molecule has 0 aliphatic carbocycles. The first-order valence-electron chi connectivity index (χ1n) is 5.93. The average molecular weight is 330 g/mol. The third-order valence-corrected chi connectivity index (χ3v) is 4.29. The summed E-state index contributed by atoms with van der Waals surface area (Å²) in [6.07, 6.45) is 0. The lowest BCUT2D eigenvalue weighted by atomic mass is 10.2. The molecule has 1 unspecified atom stereocenters. The normalized spacial score (nSPS) is 13.6. The first-order chi connectivity index (χ1) is 9.35. The molecule has 3 nitrogen and oxygen atoms in total. The minimum absolute atomic E-state index is 0.324. The Balaban J connectivity index is 2.14. The van der Waals surface area contributed by atoms with E-state index in [2.05, 4.69) is 5.09 Å². The van der Waals surface area contributed by atoms with Crippen molar-refractivity contribution in [2.24, 2.45) is 0 Å². The second-order valence-corrected chi connectivity index (χ2v) is 7.43. The molecule has 2 aromatic rings. The van der Waals surface area contributed by atoms with Crippen molar-refractivity contribution in [3.63, 3.8) is 0 Å². The molecule has 0 radical (unpaired) electrons. The van der Waals surface area contributed by atoms with Crippen molar-refractivity contribution in [2.45, 2.75) is 6.92 Å². The van der Waals surface area contributed by atoms with Crippen LogP contribution in [0.3, 0.4) is 0 Å². The van der Waals surface area contributed by atoms with Crippen LogP contribution >= 0.6 is 30.7 Å². The Morgan fingerprint density at radius 3 is 2.35 bits per heavy atom. The molecule has 1 N–H and O–H groups in total. The molecule has 0 fully saturated rings. The predicted molar refractivity (Wildman–Crippen MR) is 85.4 cm³/mol. The SMILES string of the molecule is Cc1ccc(NP(C)(=O)Oc2ccc(Cl)cc2Cl)cc1. The van der Waals surface area contributed by atoms with Gasteiger partial charge in [-0.1, -0.05) is 40.9 Å². The number of hydrogen-bond donors (Lipinski definition) is 1. The molecule has 2 rings (SSSR count). The van der Waals surface area contributed by atoms with Crippen molar-refractivity contribution >= 4 is 36.4 Å². The number of halogens is 2. The van der Waals surface area contributed by atoms with Crippen molar-refractivity contribution in [2.75, 3.05) is 11.8 Å². The Morgan fingerprint density at radius 1 is 1.10 bits per heavy atom. The smallest absolute Gasteiger partial charge is 0.338 e. The van der Waals surface area contributed by atoms with Gasteiger partial charge in [-0.05, 0) is 37.3 Å². The minimum Gasteiger partial charge on any atom is -0.427 e. The lowest BCUT2D eigenvalue weighted by Crippen LogP contribution is -2.02. The van der Waals surface area contributed by atoms with Crippen LogP contribution in [0, 0.1) is 6.92 Å². The average Bonchev–Trinajstić information content (AvgIpc) is 2.35. The summed E-state index contributed by atoms with van der Waals surface area (Å²) in [6, 6.07) is 12.3. The van der Waals surface area contributed by atoms with Crippen LogP contribution in [-0.2, 0) is 4.57 Å². The third kappa shape index (κ3) is 4.17. The molecule has 0 aromatic heterocycles. The number of nitrogens with one attached hydrogen (secondary N) is 1. The van der Waals surface area contributed by atoms with Gasteiger partial charge in [-0.3, -0.25) is 4.57 Å². The fourth-order valence-corrected chi connectivity index (χ4v) is 3.32. The number of hydrogen-bond acceptors (Lipinski definition) is 2. The van der Waals surface area contributed by atoms with Gasteiger partial charge >= 0.3 is 7.52 Å². The van der Waals surface area contributed by atoms with Crippen molar-refractivity contribution in [1.29, 1.82) is 0 Å². The number of aryl methyl sites for hydroxylation is 1. The fraction of sp³-hybridized carbons (Fsp3) is 0.143. The van der Waals surface area contributed by atoms with Gasteiger partial charge in [-0.25, -0.2) is 0 Å². The van der Waals surface area contributed by atoms with Gasteiger partial charge < -0.3 is 9.61 Å². The van der Waals surface area contributed by atoms with Gasteiger partial charge in [-0.15, -0.1) is 0 Å². The summed E-state index contributed by atoms with van der Waals surface area (Å²) in [6.45, 7) is 3.48. The molecular weight excluding hydrogens is 316 g/mol. The van der Waals surface area contributed by atoms with Crippen LogP contribution in [0.15, 0.2) is 42.5 Å². The molecule has 0 aliphatic rings. The fourth-order valence-electron chi connectivity index (χ4n) is 1.62. The Bertz CT molecular complexity index is 659. The van der Waals surface area contributed by atoms with Gasteiger partial charge in [0.25, 0.3) is 0 Å². The van der Waals surface area contributed by atoms with Crippen molar-refractivity contribution in [3.8, 4) is 5.75 Å². The molecule has 0 saturated heterocycles. The molecule has 20 heavy (non-hydrogen) atoms. The van der Waals surface area contributed by atoms with Gasteiger partial charge in [-0.2, -0.15) is 0 Å². The minimum atomic E-state index is -3.07. The summed E-state index contributed by atoms with van der Waals surface area (Å²) in [4.78, 5) is 0. The zero-order valence-electron chi connectivity index (χ0n) is 11.1. The molecule has 0 aliphatic heterocycles. The van der Waals surface area contributed by atoms with Gasteiger partial charge in [0, 0.05) is 17.4 Å². The molecular formula is C14H14Cl2NO2P. The van der Waals surface area contributed by atoms with Gasteiger partial charge in [0.15, 0.2) is 0 Å². The molecule has 1 atom stereocenters. The van der Waals surface area contributed by atoms with E-state index >= 15 is 0 Å². The summed E-state index contributed by atoms with van der Waals surface area (Å²) in [7, 11) is -3.07. The summed E-state index contributed by atoms with van der Waals surface area (Å²) in [5.41, 5.74) is 1.86. The quantitative estimate of drug-likeness (QED) is 0.740. The van der Waals surface area contributed by atoms with Gasteiger partial charge in [0.05, 0.1) is 5.02 Å². The highest BCUT2D eigenvalue weighted by Gasteiger charge is 2.19. The van der Waals surface area contributed by atoms with Crippen LogP contribution in [0.5, 0.6) is 5.75 Å². The third-order valence-electron chi connectivity index (χ3n) is 2.55. The van der Waals surface area contributed by atoms with Crippen molar-refractivity contribution in [3.05, 3.63) is 58.1 Å². The van der Waals surface area contributed by atoms with Crippen molar-refractivity contribution < 1.29 is 9.09 Å². The Morgan fingerprint density at radius 2 is 1.75 bits per heavy atom. The second kappa shape index (κ2) is 6.09. The molecule has 0 bridgehead atoms. The highest BCUT2D eigenvalue weighted by molar-refractivity contribution is 7.60. The van der Waals surface area contributed by atoms with Crippen LogP contribution in [0.25, 0.3) is 0 Å². The zero-order valence-corrected chi connectivity index (χ0v) is 13.5. The lowest BCUT2D eigenvalue weighted by Gasteiger charge is -2.18. The summed E-state index contributed by atoms with van der Waals surface area (Å²) >= 11 is 11.8. The molecule has 0 amide bonds. The van der Waals surface area contributed by atoms with E-state index in [1.807, 2.05) is 31.2 Å². The Kier molecular flexibility index (Phi) is 4.64. The number of anilines is 1. The lowest BCUT2D eigenvalue weighted by molar-refractivity contribution is 0.493. The van der Waals surface area contributed by atoms with Crippen LogP contribution in [-0.4, -0.2) is 6.66 Å². The van der Waals surface area contributed by atoms with Crippen LogP contribution < -0.4 is 9.61 Å². The number of benzene rings is 2. The Hall–Kier alpha value is -1.15. The van der Waals surface area contributed by atoms with Gasteiger partial charge in [0.1, 0.15) is 5.75 Å². The zero-order chi connectivity index (χ0) is 14.8. The standard InChI is InChI=1S/C14H14Cl2NO2P/c1-10-3-6-12(7-4-10)17-20(2,18)19-14-8-5-11(15)9-13(14)16/h3-9H,1-2H3,(H,17,18). The highest BCUT2D eigenvalue weighted by atomic mass is 35.5. The van der Waals surface area contributed by atoms with Crippen LogP contribution in [0.2, 0.25) is 10.0 Å². The summed E-state index contributed by atoms with van der Waals surface area (Å²) in [5.74, 6) is 0.335. The maximum absolute atomic E-state index is 12.4. The first kappa shape index (κ1) is 15.2. The molecule has 6 heteroatoms. The first-order valence-corrected chi connectivity index (χ1v) is 8.76. The monoisotopic (exact) mass is 329 g/mol.